The number of aliphatic hydroxyl groups excluding tert-OH is 1. The summed E-state index contributed by atoms with van der Waals surface area (Å²) < 4.78 is 5.57. The van der Waals surface area contributed by atoms with E-state index in [9.17, 15) is 5.11 Å². The maximum Gasteiger partial charge on any atom is 0.0881 e. The van der Waals surface area contributed by atoms with E-state index < -0.39 is 0 Å². The van der Waals surface area contributed by atoms with Gasteiger partial charge in [-0.15, -0.1) is 0 Å². The van der Waals surface area contributed by atoms with Crippen molar-refractivity contribution in [1.82, 2.24) is 0 Å². The molecule has 0 fully saturated rings. The van der Waals surface area contributed by atoms with Crippen LogP contribution in [0.25, 0.3) is 0 Å². The average molecular weight is 188 g/mol. The number of ether oxygens (including phenoxy) is 1. The van der Waals surface area contributed by atoms with Crippen LogP contribution in [0, 0.1) is 5.41 Å². The Hall–Kier alpha value is -0.0800. The van der Waals surface area contributed by atoms with E-state index in [-0.39, 0.29) is 17.6 Å². The lowest BCUT2D eigenvalue weighted by Gasteiger charge is -2.34. The van der Waals surface area contributed by atoms with E-state index in [1.165, 1.54) is 0 Å². The first-order valence-corrected chi connectivity index (χ1v) is 5.23. The Morgan fingerprint density at radius 2 is 1.77 bits per heavy atom. The van der Waals surface area contributed by atoms with Gasteiger partial charge >= 0.3 is 0 Å². The quantitative estimate of drug-likeness (QED) is 0.718. The molecule has 0 heterocycles. The van der Waals surface area contributed by atoms with Gasteiger partial charge < -0.3 is 9.84 Å². The largest absolute Gasteiger partial charge is 0.390 e. The van der Waals surface area contributed by atoms with Crippen LogP contribution >= 0.6 is 0 Å². The topological polar surface area (TPSA) is 29.5 Å². The zero-order chi connectivity index (χ0) is 10.5. The van der Waals surface area contributed by atoms with Crippen molar-refractivity contribution in [3.63, 3.8) is 0 Å². The van der Waals surface area contributed by atoms with Crippen molar-refractivity contribution in [2.75, 3.05) is 6.61 Å². The second-order valence-electron chi connectivity index (χ2n) is 4.60. The number of aliphatic hydroxyl groups is 1. The molecule has 2 atom stereocenters. The highest BCUT2D eigenvalue weighted by atomic mass is 16.5. The lowest BCUT2D eigenvalue weighted by molar-refractivity contribution is -0.0903. The van der Waals surface area contributed by atoms with Crippen molar-refractivity contribution in [3.8, 4) is 0 Å². The molecule has 0 saturated carbocycles. The Balaban J connectivity index is 4.23. The summed E-state index contributed by atoms with van der Waals surface area (Å²) in [6.45, 7) is 11.0. The summed E-state index contributed by atoms with van der Waals surface area (Å²) in [6.07, 6.45) is 1.45. The van der Waals surface area contributed by atoms with Gasteiger partial charge in [0.1, 0.15) is 0 Å². The Bertz CT molecular complexity index is 127. The highest BCUT2D eigenvalue weighted by molar-refractivity contribution is 4.80. The fourth-order valence-corrected chi connectivity index (χ4v) is 1.56. The van der Waals surface area contributed by atoms with Crippen LogP contribution in [0.5, 0.6) is 0 Å². The van der Waals surface area contributed by atoms with Crippen molar-refractivity contribution in [2.45, 2.75) is 59.7 Å². The zero-order valence-electron chi connectivity index (χ0n) is 9.63. The maximum atomic E-state index is 9.85. The molecule has 1 N–H and O–H groups in total. The molecule has 2 heteroatoms. The van der Waals surface area contributed by atoms with E-state index in [1.54, 1.807) is 0 Å². The van der Waals surface area contributed by atoms with Gasteiger partial charge in [0.15, 0.2) is 0 Å². The van der Waals surface area contributed by atoms with E-state index in [0.717, 1.165) is 12.8 Å². The van der Waals surface area contributed by atoms with Gasteiger partial charge in [0.25, 0.3) is 0 Å². The second kappa shape index (κ2) is 5.61. The van der Waals surface area contributed by atoms with Gasteiger partial charge in [-0.2, -0.15) is 0 Å². The highest BCUT2D eigenvalue weighted by Crippen LogP contribution is 2.26. The molecule has 2 nitrogen and oxygen atoms in total. The molecule has 0 aliphatic carbocycles. The predicted molar refractivity (Wildman–Crippen MR) is 55.8 cm³/mol. The minimum Gasteiger partial charge on any atom is -0.390 e. The molecule has 0 aromatic heterocycles. The summed E-state index contributed by atoms with van der Waals surface area (Å²) in [5.74, 6) is 0. The van der Waals surface area contributed by atoms with Crippen LogP contribution in [0.3, 0.4) is 0 Å². The van der Waals surface area contributed by atoms with Crippen molar-refractivity contribution in [3.05, 3.63) is 0 Å². The summed E-state index contributed by atoms with van der Waals surface area (Å²) in [6, 6.07) is 0. The molecule has 0 aliphatic rings. The molecular formula is C11H24O2. The zero-order valence-corrected chi connectivity index (χ0v) is 9.63. The van der Waals surface area contributed by atoms with E-state index in [0.29, 0.717) is 6.61 Å². The lowest BCUT2D eigenvalue weighted by atomic mass is 9.84. The average Bonchev–Trinajstić information content (AvgIpc) is 1.98. The van der Waals surface area contributed by atoms with Crippen molar-refractivity contribution in [1.29, 1.82) is 0 Å². The Kier molecular flexibility index (Phi) is 5.57. The maximum absolute atomic E-state index is 9.85. The number of rotatable bonds is 5. The van der Waals surface area contributed by atoms with E-state index in [2.05, 4.69) is 27.7 Å². The summed E-state index contributed by atoms with van der Waals surface area (Å²) in [5, 5.41) is 9.85. The molecule has 0 spiro atoms. The fourth-order valence-electron chi connectivity index (χ4n) is 1.56. The first kappa shape index (κ1) is 12.9. The SMILES string of the molecule is CCCC(O)C(OCC)C(C)(C)C. The Morgan fingerprint density at radius 3 is 2.08 bits per heavy atom. The van der Waals surface area contributed by atoms with Crippen molar-refractivity contribution < 1.29 is 9.84 Å². The first-order valence-electron chi connectivity index (χ1n) is 5.23. The standard InChI is InChI=1S/C11H24O2/c1-6-8-9(12)10(13-7-2)11(3,4)5/h9-10,12H,6-8H2,1-5H3. The third-order valence-electron chi connectivity index (χ3n) is 2.13. The van der Waals surface area contributed by atoms with Gasteiger partial charge in [0, 0.05) is 6.61 Å². The first-order chi connectivity index (χ1) is 5.93. The van der Waals surface area contributed by atoms with Crippen molar-refractivity contribution >= 4 is 0 Å². The van der Waals surface area contributed by atoms with Crippen LogP contribution < -0.4 is 0 Å². The lowest BCUT2D eigenvalue weighted by Crippen LogP contribution is -2.40. The third kappa shape index (κ3) is 4.63. The third-order valence-corrected chi connectivity index (χ3v) is 2.13. The predicted octanol–water partition coefficient (Wildman–Crippen LogP) is 2.60. The van der Waals surface area contributed by atoms with E-state index in [1.807, 2.05) is 6.92 Å². The summed E-state index contributed by atoms with van der Waals surface area (Å²) >= 11 is 0. The number of hydrogen-bond acceptors (Lipinski definition) is 2. The van der Waals surface area contributed by atoms with E-state index >= 15 is 0 Å². The van der Waals surface area contributed by atoms with Crippen LogP contribution in [-0.2, 0) is 4.74 Å². The molecule has 0 saturated heterocycles. The molecule has 0 rings (SSSR count). The molecule has 0 radical (unpaired) electrons. The summed E-state index contributed by atoms with van der Waals surface area (Å²) in [5.41, 5.74) is 0.0184. The minimum atomic E-state index is -0.329. The normalized spacial score (nSPS) is 17.1. The summed E-state index contributed by atoms with van der Waals surface area (Å²) in [4.78, 5) is 0. The smallest absolute Gasteiger partial charge is 0.0881 e. The highest BCUT2D eigenvalue weighted by Gasteiger charge is 2.30. The van der Waals surface area contributed by atoms with Gasteiger partial charge in [-0.3, -0.25) is 0 Å². The Morgan fingerprint density at radius 1 is 1.23 bits per heavy atom. The van der Waals surface area contributed by atoms with Crippen LogP contribution in [0.15, 0.2) is 0 Å². The molecule has 0 aromatic carbocycles. The van der Waals surface area contributed by atoms with Gasteiger partial charge in [0.2, 0.25) is 0 Å². The molecule has 2 unspecified atom stereocenters. The fraction of sp³-hybridized carbons (Fsp3) is 1.00. The summed E-state index contributed by atoms with van der Waals surface area (Å²) in [7, 11) is 0. The van der Waals surface area contributed by atoms with E-state index in [4.69, 9.17) is 4.74 Å². The van der Waals surface area contributed by atoms with Gasteiger partial charge in [-0.25, -0.2) is 0 Å². The molecule has 0 bridgehead atoms. The van der Waals surface area contributed by atoms with Gasteiger partial charge in [0.05, 0.1) is 12.2 Å². The van der Waals surface area contributed by atoms with Crippen LogP contribution in [0.4, 0.5) is 0 Å². The minimum absolute atomic E-state index is 0.0184. The van der Waals surface area contributed by atoms with Crippen LogP contribution in [0.2, 0.25) is 0 Å². The molecule has 0 aliphatic heterocycles. The van der Waals surface area contributed by atoms with Gasteiger partial charge in [-0.1, -0.05) is 34.1 Å². The van der Waals surface area contributed by atoms with Gasteiger partial charge in [-0.05, 0) is 18.8 Å². The van der Waals surface area contributed by atoms with Crippen molar-refractivity contribution in [2.24, 2.45) is 5.41 Å². The number of hydrogen-bond donors (Lipinski definition) is 1. The van der Waals surface area contributed by atoms with Crippen LogP contribution in [0.1, 0.15) is 47.5 Å². The second-order valence-corrected chi connectivity index (χ2v) is 4.60. The van der Waals surface area contributed by atoms with Crippen LogP contribution in [-0.4, -0.2) is 23.9 Å². The Labute approximate surface area is 82.3 Å². The molecule has 0 amide bonds. The monoisotopic (exact) mass is 188 g/mol. The molecule has 0 aromatic rings. The molecular weight excluding hydrogens is 164 g/mol. The molecule has 80 valence electrons. The molecule has 13 heavy (non-hydrogen) atoms.